The van der Waals surface area contributed by atoms with Gasteiger partial charge in [0.15, 0.2) is 0 Å². The second kappa shape index (κ2) is 5.67. The molecule has 2 aliphatic rings. The van der Waals surface area contributed by atoms with Crippen LogP contribution in [0.4, 0.5) is 0 Å². The summed E-state index contributed by atoms with van der Waals surface area (Å²) in [5, 5.41) is 3.33. The summed E-state index contributed by atoms with van der Waals surface area (Å²) in [5.41, 5.74) is 0. The van der Waals surface area contributed by atoms with Gasteiger partial charge in [-0.3, -0.25) is 4.79 Å². The van der Waals surface area contributed by atoms with Crippen molar-refractivity contribution in [2.24, 2.45) is 11.8 Å². The maximum absolute atomic E-state index is 12.2. The number of likely N-dealkylation sites (tertiary alicyclic amines) is 1. The summed E-state index contributed by atoms with van der Waals surface area (Å²) in [6.07, 6.45) is 5.93. The van der Waals surface area contributed by atoms with Gasteiger partial charge in [0.2, 0.25) is 5.91 Å². The molecular weight excluding hydrogens is 200 g/mol. The molecule has 0 saturated carbocycles. The average molecular weight is 224 g/mol. The van der Waals surface area contributed by atoms with E-state index in [0.29, 0.717) is 5.91 Å². The predicted molar refractivity (Wildman–Crippen MR) is 65.2 cm³/mol. The molecule has 0 aromatic carbocycles. The van der Waals surface area contributed by atoms with Crippen molar-refractivity contribution in [1.82, 2.24) is 10.2 Å². The highest BCUT2D eigenvalue weighted by molar-refractivity contribution is 5.79. The highest BCUT2D eigenvalue weighted by Gasteiger charge is 2.28. The Morgan fingerprint density at radius 1 is 1.31 bits per heavy atom. The zero-order chi connectivity index (χ0) is 11.4. The minimum atomic E-state index is 0.256. The van der Waals surface area contributed by atoms with Crippen LogP contribution in [0.3, 0.4) is 0 Å². The zero-order valence-corrected chi connectivity index (χ0v) is 10.4. The summed E-state index contributed by atoms with van der Waals surface area (Å²) in [6.45, 7) is 6.23. The number of piperidine rings is 2. The summed E-state index contributed by atoms with van der Waals surface area (Å²) in [7, 11) is 0. The lowest BCUT2D eigenvalue weighted by Crippen LogP contribution is -2.46. The van der Waals surface area contributed by atoms with Crippen molar-refractivity contribution in [3.63, 3.8) is 0 Å². The molecular formula is C13H24N2O. The molecule has 0 bridgehead atoms. The Bertz CT molecular complexity index is 228. The van der Waals surface area contributed by atoms with Gasteiger partial charge in [-0.1, -0.05) is 13.3 Å². The van der Waals surface area contributed by atoms with Crippen molar-refractivity contribution in [1.29, 1.82) is 0 Å². The van der Waals surface area contributed by atoms with Gasteiger partial charge in [0, 0.05) is 19.6 Å². The third kappa shape index (κ3) is 2.76. The summed E-state index contributed by atoms with van der Waals surface area (Å²) >= 11 is 0. The Morgan fingerprint density at radius 3 is 2.62 bits per heavy atom. The molecule has 0 aliphatic carbocycles. The highest BCUT2D eigenvalue weighted by atomic mass is 16.2. The minimum Gasteiger partial charge on any atom is -0.342 e. The first-order valence-corrected chi connectivity index (χ1v) is 6.80. The molecule has 1 N–H and O–H groups in total. The van der Waals surface area contributed by atoms with Gasteiger partial charge in [0.25, 0.3) is 0 Å². The molecule has 1 amide bonds. The lowest BCUT2D eigenvalue weighted by atomic mass is 9.92. The van der Waals surface area contributed by atoms with Crippen LogP contribution < -0.4 is 5.32 Å². The quantitative estimate of drug-likeness (QED) is 0.773. The molecule has 16 heavy (non-hydrogen) atoms. The largest absolute Gasteiger partial charge is 0.342 e. The second-order valence-electron chi connectivity index (χ2n) is 5.22. The molecule has 0 spiro atoms. The fourth-order valence-electron chi connectivity index (χ4n) is 2.88. The Morgan fingerprint density at radius 2 is 2.06 bits per heavy atom. The topological polar surface area (TPSA) is 32.3 Å². The fourth-order valence-corrected chi connectivity index (χ4v) is 2.88. The zero-order valence-electron chi connectivity index (χ0n) is 10.4. The maximum Gasteiger partial charge on any atom is 0.226 e. The Labute approximate surface area is 98.6 Å². The second-order valence-corrected chi connectivity index (χ2v) is 5.22. The predicted octanol–water partition coefficient (Wildman–Crippen LogP) is 1.63. The number of nitrogens with zero attached hydrogens (tertiary/aromatic N) is 1. The van der Waals surface area contributed by atoms with Crippen molar-refractivity contribution >= 4 is 5.91 Å². The van der Waals surface area contributed by atoms with Crippen LogP contribution in [-0.4, -0.2) is 37.0 Å². The smallest absolute Gasteiger partial charge is 0.226 e. The Balaban J connectivity index is 1.81. The van der Waals surface area contributed by atoms with E-state index in [1.54, 1.807) is 0 Å². The van der Waals surface area contributed by atoms with Gasteiger partial charge in [0.1, 0.15) is 0 Å². The molecule has 1 unspecified atom stereocenters. The van der Waals surface area contributed by atoms with Crippen LogP contribution in [0.25, 0.3) is 0 Å². The monoisotopic (exact) mass is 224 g/mol. The van der Waals surface area contributed by atoms with Gasteiger partial charge >= 0.3 is 0 Å². The van der Waals surface area contributed by atoms with Crippen molar-refractivity contribution in [2.45, 2.75) is 39.0 Å². The maximum atomic E-state index is 12.2. The first kappa shape index (κ1) is 11.9. The third-order valence-corrected chi connectivity index (χ3v) is 4.15. The minimum absolute atomic E-state index is 0.256. The van der Waals surface area contributed by atoms with Gasteiger partial charge in [0.05, 0.1) is 5.92 Å². The first-order valence-electron chi connectivity index (χ1n) is 6.80. The van der Waals surface area contributed by atoms with Crippen LogP contribution in [0.15, 0.2) is 0 Å². The number of carbonyl (C=O) groups excluding carboxylic acids is 1. The molecule has 3 heteroatoms. The number of hydrogen-bond donors (Lipinski definition) is 1. The van der Waals surface area contributed by atoms with Crippen molar-refractivity contribution in [2.75, 3.05) is 26.2 Å². The van der Waals surface area contributed by atoms with Crippen LogP contribution in [0.2, 0.25) is 0 Å². The molecule has 2 rings (SSSR count). The SMILES string of the molecule is CCC1CCN(C(=O)C2CCCNC2)CC1. The van der Waals surface area contributed by atoms with Crippen LogP contribution in [0, 0.1) is 11.8 Å². The third-order valence-electron chi connectivity index (χ3n) is 4.15. The number of carbonyl (C=O) groups is 1. The molecule has 2 saturated heterocycles. The van der Waals surface area contributed by atoms with Gasteiger partial charge < -0.3 is 10.2 Å². The van der Waals surface area contributed by atoms with E-state index in [9.17, 15) is 4.79 Å². The number of nitrogens with one attached hydrogen (secondary N) is 1. The lowest BCUT2D eigenvalue weighted by Gasteiger charge is -2.35. The fraction of sp³-hybridized carbons (Fsp3) is 0.923. The van der Waals surface area contributed by atoms with E-state index in [-0.39, 0.29) is 5.92 Å². The van der Waals surface area contributed by atoms with Crippen LogP contribution >= 0.6 is 0 Å². The van der Waals surface area contributed by atoms with Gasteiger partial charge in [-0.25, -0.2) is 0 Å². The Kier molecular flexibility index (Phi) is 4.22. The van der Waals surface area contributed by atoms with E-state index in [0.717, 1.165) is 44.9 Å². The van der Waals surface area contributed by atoms with E-state index >= 15 is 0 Å². The standard InChI is InChI=1S/C13H24N2O/c1-2-11-5-8-15(9-6-11)13(16)12-4-3-7-14-10-12/h11-12,14H,2-10H2,1H3. The lowest BCUT2D eigenvalue weighted by molar-refractivity contribution is -0.137. The molecule has 1 atom stereocenters. The number of amides is 1. The van der Waals surface area contributed by atoms with E-state index in [4.69, 9.17) is 0 Å². The first-order chi connectivity index (χ1) is 7.81. The van der Waals surface area contributed by atoms with Crippen molar-refractivity contribution in [3.05, 3.63) is 0 Å². The molecule has 0 aromatic rings. The molecule has 0 aromatic heterocycles. The van der Waals surface area contributed by atoms with E-state index in [2.05, 4.69) is 17.1 Å². The van der Waals surface area contributed by atoms with Crippen molar-refractivity contribution < 1.29 is 4.79 Å². The summed E-state index contributed by atoms with van der Waals surface area (Å²) < 4.78 is 0. The molecule has 3 nitrogen and oxygen atoms in total. The summed E-state index contributed by atoms with van der Waals surface area (Å²) in [4.78, 5) is 14.3. The summed E-state index contributed by atoms with van der Waals surface area (Å²) in [5.74, 6) is 1.52. The van der Waals surface area contributed by atoms with Crippen LogP contribution in [0.1, 0.15) is 39.0 Å². The highest BCUT2D eigenvalue weighted by Crippen LogP contribution is 2.22. The number of rotatable bonds is 2. The van der Waals surface area contributed by atoms with Crippen molar-refractivity contribution in [3.8, 4) is 0 Å². The van der Waals surface area contributed by atoms with E-state index in [1.807, 2.05) is 0 Å². The van der Waals surface area contributed by atoms with E-state index < -0.39 is 0 Å². The molecule has 2 aliphatic heterocycles. The van der Waals surface area contributed by atoms with Crippen LogP contribution in [-0.2, 0) is 4.79 Å². The molecule has 2 heterocycles. The molecule has 0 radical (unpaired) electrons. The molecule has 2 fully saturated rings. The molecule has 92 valence electrons. The van der Waals surface area contributed by atoms with Gasteiger partial charge in [-0.2, -0.15) is 0 Å². The number of hydrogen-bond acceptors (Lipinski definition) is 2. The summed E-state index contributed by atoms with van der Waals surface area (Å²) in [6, 6.07) is 0. The van der Waals surface area contributed by atoms with Gasteiger partial charge in [-0.05, 0) is 38.1 Å². The Hall–Kier alpha value is -0.570. The van der Waals surface area contributed by atoms with Gasteiger partial charge in [-0.15, -0.1) is 0 Å². The normalized spacial score (nSPS) is 28.1. The van der Waals surface area contributed by atoms with E-state index in [1.165, 1.54) is 19.3 Å². The van der Waals surface area contributed by atoms with Crippen LogP contribution in [0.5, 0.6) is 0 Å². The average Bonchev–Trinajstić information content (AvgIpc) is 2.39.